The second-order valence-electron chi connectivity index (χ2n) is 4.99. The first-order valence-corrected chi connectivity index (χ1v) is 6.60. The molecule has 0 saturated heterocycles. The van der Waals surface area contributed by atoms with Crippen molar-refractivity contribution < 1.29 is 4.42 Å². The number of hydrogen-bond acceptors (Lipinski definition) is 4. The van der Waals surface area contributed by atoms with Crippen LogP contribution in [-0.4, -0.2) is 9.55 Å². The molecule has 0 aliphatic rings. The lowest BCUT2D eigenvalue weighted by molar-refractivity contribution is 0.504. The highest BCUT2D eigenvalue weighted by Crippen LogP contribution is 2.22. The van der Waals surface area contributed by atoms with Crippen molar-refractivity contribution in [1.82, 2.24) is 15.0 Å². The van der Waals surface area contributed by atoms with Gasteiger partial charge in [-0.05, 0) is 25.1 Å². The van der Waals surface area contributed by atoms with Crippen LogP contribution in [0.25, 0.3) is 11.0 Å². The number of hydrogen-bond donors (Lipinski definition) is 2. The van der Waals surface area contributed by atoms with Crippen LogP contribution in [0, 0.1) is 6.92 Å². The second kappa shape index (κ2) is 5.11. The number of nitrogens with two attached hydrogens (primary N) is 1. The maximum Gasteiger partial charge on any atom is 0.111 e. The van der Waals surface area contributed by atoms with Gasteiger partial charge in [-0.1, -0.05) is 12.1 Å². The lowest BCUT2D eigenvalue weighted by atomic mass is 10.1. The Morgan fingerprint density at radius 1 is 1.40 bits per heavy atom. The molecule has 0 bridgehead atoms. The Balaban J connectivity index is 1.93. The molecule has 0 aliphatic heterocycles. The number of aromatic nitrogens is 2. The zero-order valence-corrected chi connectivity index (χ0v) is 11.6. The predicted molar refractivity (Wildman–Crippen MR) is 77.9 cm³/mol. The molecule has 0 aliphatic carbocycles. The van der Waals surface area contributed by atoms with E-state index >= 15 is 0 Å². The third kappa shape index (κ3) is 2.21. The van der Waals surface area contributed by atoms with Gasteiger partial charge in [-0.25, -0.2) is 4.98 Å². The van der Waals surface area contributed by atoms with Crippen LogP contribution < -0.4 is 11.3 Å². The Bertz CT molecular complexity index is 728. The number of nitrogens with one attached hydrogen (secondary N) is 1. The second-order valence-corrected chi connectivity index (χ2v) is 4.99. The van der Waals surface area contributed by atoms with E-state index in [-0.39, 0.29) is 6.04 Å². The Labute approximate surface area is 117 Å². The summed E-state index contributed by atoms with van der Waals surface area (Å²) in [7, 11) is 2.03. The van der Waals surface area contributed by atoms with Gasteiger partial charge in [-0.3, -0.25) is 11.3 Å². The molecule has 2 aromatic heterocycles. The molecule has 1 unspecified atom stereocenters. The maximum absolute atomic E-state index is 5.68. The minimum atomic E-state index is -0.0111. The van der Waals surface area contributed by atoms with Gasteiger partial charge in [-0.2, -0.15) is 0 Å². The summed E-state index contributed by atoms with van der Waals surface area (Å²) in [4.78, 5) is 4.67. The first-order chi connectivity index (χ1) is 9.69. The Morgan fingerprint density at radius 3 is 2.85 bits per heavy atom. The predicted octanol–water partition coefficient (Wildman–Crippen LogP) is 2.22. The van der Waals surface area contributed by atoms with E-state index in [1.807, 2.05) is 38.2 Å². The third-order valence-electron chi connectivity index (χ3n) is 3.62. The summed E-state index contributed by atoms with van der Waals surface area (Å²) in [6.45, 7) is 1.92. The summed E-state index contributed by atoms with van der Waals surface area (Å²) in [6.07, 6.45) is 2.45. The largest absolute Gasteiger partial charge is 0.469 e. The fraction of sp³-hybridized carbons (Fsp3) is 0.267. The van der Waals surface area contributed by atoms with Gasteiger partial charge in [-0.15, -0.1) is 0 Å². The zero-order valence-electron chi connectivity index (χ0n) is 11.6. The van der Waals surface area contributed by atoms with Crippen molar-refractivity contribution in [3.63, 3.8) is 0 Å². The molecule has 0 saturated carbocycles. The van der Waals surface area contributed by atoms with Gasteiger partial charge >= 0.3 is 0 Å². The molecule has 3 rings (SSSR count). The summed E-state index contributed by atoms with van der Waals surface area (Å²) in [5, 5.41) is 0. The fourth-order valence-corrected chi connectivity index (χ4v) is 2.48. The van der Waals surface area contributed by atoms with E-state index in [1.165, 1.54) is 0 Å². The quantitative estimate of drug-likeness (QED) is 0.563. The van der Waals surface area contributed by atoms with Crippen LogP contribution in [0.1, 0.15) is 23.2 Å². The molecule has 104 valence electrons. The molecule has 0 fully saturated rings. The van der Waals surface area contributed by atoms with Crippen LogP contribution in [0.4, 0.5) is 0 Å². The number of furan rings is 1. The van der Waals surface area contributed by atoms with Crippen molar-refractivity contribution in [3.05, 3.63) is 53.7 Å². The van der Waals surface area contributed by atoms with E-state index in [0.29, 0.717) is 6.42 Å². The molecule has 0 amide bonds. The maximum atomic E-state index is 5.68. The fourth-order valence-electron chi connectivity index (χ4n) is 2.48. The van der Waals surface area contributed by atoms with Crippen LogP contribution in [-0.2, 0) is 13.5 Å². The third-order valence-corrected chi connectivity index (χ3v) is 3.62. The number of rotatable bonds is 4. The lowest BCUT2D eigenvalue weighted by Gasteiger charge is -2.13. The van der Waals surface area contributed by atoms with E-state index in [2.05, 4.69) is 21.0 Å². The highest BCUT2D eigenvalue weighted by Gasteiger charge is 2.16. The molecule has 3 N–H and O–H groups in total. The summed E-state index contributed by atoms with van der Waals surface area (Å²) in [5.74, 6) is 7.55. The summed E-state index contributed by atoms with van der Waals surface area (Å²) >= 11 is 0. The number of para-hydroxylation sites is 2. The summed E-state index contributed by atoms with van der Waals surface area (Å²) < 4.78 is 7.46. The van der Waals surface area contributed by atoms with Crippen molar-refractivity contribution in [3.8, 4) is 0 Å². The monoisotopic (exact) mass is 270 g/mol. The first kappa shape index (κ1) is 12.9. The average Bonchev–Trinajstić information content (AvgIpc) is 3.01. The topological polar surface area (TPSA) is 69.0 Å². The van der Waals surface area contributed by atoms with Crippen LogP contribution in [0.5, 0.6) is 0 Å². The molecule has 0 radical (unpaired) electrons. The normalized spacial score (nSPS) is 12.9. The minimum Gasteiger partial charge on any atom is -0.469 e. The van der Waals surface area contributed by atoms with E-state index in [0.717, 1.165) is 28.2 Å². The number of hydrazine groups is 1. The van der Waals surface area contributed by atoms with Crippen molar-refractivity contribution in [2.75, 3.05) is 0 Å². The molecule has 5 nitrogen and oxygen atoms in total. The molecule has 20 heavy (non-hydrogen) atoms. The Hall–Kier alpha value is -2.11. The average molecular weight is 270 g/mol. The summed E-state index contributed by atoms with van der Waals surface area (Å²) in [5.41, 5.74) is 6.01. The number of nitrogens with zero attached hydrogens (tertiary/aromatic N) is 2. The number of imidazole rings is 1. The first-order valence-electron chi connectivity index (χ1n) is 6.60. The van der Waals surface area contributed by atoms with E-state index < -0.39 is 0 Å². The van der Waals surface area contributed by atoms with Crippen LogP contribution >= 0.6 is 0 Å². The molecule has 3 aromatic rings. The van der Waals surface area contributed by atoms with Gasteiger partial charge in [0, 0.05) is 19.0 Å². The highest BCUT2D eigenvalue weighted by molar-refractivity contribution is 5.75. The minimum absolute atomic E-state index is 0.0111. The van der Waals surface area contributed by atoms with Crippen LogP contribution in [0.15, 0.2) is 41.0 Å². The lowest BCUT2D eigenvalue weighted by Crippen LogP contribution is -2.30. The van der Waals surface area contributed by atoms with Crippen molar-refractivity contribution in [1.29, 1.82) is 0 Å². The smallest absolute Gasteiger partial charge is 0.111 e. The molecule has 5 heteroatoms. The zero-order chi connectivity index (χ0) is 14.1. The van der Waals surface area contributed by atoms with E-state index in [9.17, 15) is 0 Å². The number of benzene rings is 1. The number of fused-ring (bicyclic) bond motifs is 1. The molecule has 0 spiro atoms. The van der Waals surface area contributed by atoms with Gasteiger partial charge in [0.15, 0.2) is 0 Å². The van der Waals surface area contributed by atoms with Gasteiger partial charge in [0.1, 0.15) is 11.6 Å². The summed E-state index contributed by atoms with van der Waals surface area (Å²) in [6, 6.07) is 10.1. The number of aryl methyl sites for hydroxylation is 2. The van der Waals surface area contributed by atoms with Gasteiger partial charge in [0.2, 0.25) is 0 Å². The standard InChI is InChI=1S/C15H18N4O/c1-10-7-11(9-20-10)13(18-16)8-15-17-12-5-3-4-6-14(12)19(15)2/h3-7,9,13,18H,8,16H2,1-2H3. The SMILES string of the molecule is Cc1cc(C(Cc2nc3ccccc3n2C)NN)co1. The molecular formula is C15H18N4O. The van der Waals surface area contributed by atoms with Crippen molar-refractivity contribution in [2.24, 2.45) is 12.9 Å². The van der Waals surface area contributed by atoms with E-state index in [1.54, 1.807) is 6.26 Å². The van der Waals surface area contributed by atoms with Crippen molar-refractivity contribution >= 4 is 11.0 Å². The van der Waals surface area contributed by atoms with Gasteiger partial charge < -0.3 is 8.98 Å². The van der Waals surface area contributed by atoms with Crippen molar-refractivity contribution in [2.45, 2.75) is 19.4 Å². The molecule has 1 atom stereocenters. The van der Waals surface area contributed by atoms with Crippen LogP contribution in [0.3, 0.4) is 0 Å². The Kier molecular flexibility index (Phi) is 3.30. The van der Waals surface area contributed by atoms with Gasteiger partial charge in [0.05, 0.1) is 23.3 Å². The molecular weight excluding hydrogens is 252 g/mol. The highest BCUT2D eigenvalue weighted by atomic mass is 16.3. The molecule has 2 heterocycles. The Morgan fingerprint density at radius 2 is 2.20 bits per heavy atom. The van der Waals surface area contributed by atoms with Crippen LogP contribution in [0.2, 0.25) is 0 Å². The van der Waals surface area contributed by atoms with Gasteiger partial charge in [0.25, 0.3) is 0 Å². The molecule has 1 aromatic carbocycles. The van der Waals surface area contributed by atoms with E-state index in [4.69, 9.17) is 10.3 Å².